The summed E-state index contributed by atoms with van der Waals surface area (Å²) in [5.41, 5.74) is 20.5. The van der Waals surface area contributed by atoms with Gasteiger partial charge in [-0.25, -0.2) is 0 Å². The standard InChI is InChI=1S/C54H46N2/c1-37-10-16-40(17-11-37)42-20-29-47(30-21-42)55(46-27-14-39(3)15-28-46)48-31-24-44(25-32-48)45-26-35-53-51(36-45)54(4,5)50-8-6-7-9-52(50)56(53)49-33-22-43(23-34-49)41-18-12-38(2)13-19-41/h6-36H,1-5H3. The second kappa shape index (κ2) is 14.2. The van der Waals surface area contributed by atoms with Crippen LogP contribution in [0.25, 0.3) is 33.4 Å². The first-order chi connectivity index (χ1) is 27.2. The fourth-order valence-corrected chi connectivity index (χ4v) is 8.20. The van der Waals surface area contributed by atoms with Gasteiger partial charge in [-0.05, 0) is 132 Å². The number of hydrogen-bond acceptors (Lipinski definition) is 2. The van der Waals surface area contributed by atoms with Crippen LogP contribution in [0.15, 0.2) is 188 Å². The van der Waals surface area contributed by atoms with Gasteiger partial charge in [0.05, 0.1) is 11.4 Å². The van der Waals surface area contributed by atoms with Crippen LogP contribution in [0.1, 0.15) is 41.7 Å². The Bertz CT molecular complexity index is 2630. The highest BCUT2D eigenvalue weighted by molar-refractivity contribution is 5.88. The van der Waals surface area contributed by atoms with E-state index in [1.165, 1.54) is 72.6 Å². The van der Waals surface area contributed by atoms with Gasteiger partial charge in [0.2, 0.25) is 0 Å². The maximum Gasteiger partial charge on any atom is 0.0503 e. The van der Waals surface area contributed by atoms with Gasteiger partial charge in [0.25, 0.3) is 0 Å². The number of para-hydroxylation sites is 1. The number of aryl methyl sites for hydroxylation is 3. The van der Waals surface area contributed by atoms with E-state index < -0.39 is 0 Å². The summed E-state index contributed by atoms with van der Waals surface area (Å²) in [6.45, 7) is 11.1. The van der Waals surface area contributed by atoms with Crippen LogP contribution in [0.2, 0.25) is 0 Å². The molecule has 0 radical (unpaired) electrons. The van der Waals surface area contributed by atoms with Crippen LogP contribution in [0.5, 0.6) is 0 Å². The van der Waals surface area contributed by atoms with E-state index in [2.05, 4.69) is 232 Å². The number of rotatable bonds is 7. The highest BCUT2D eigenvalue weighted by atomic mass is 15.2. The molecule has 0 aromatic heterocycles. The third-order valence-corrected chi connectivity index (χ3v) is 11.5. The van der Waals surface area contributed by atoms with Crippen molar-refractivity contribution in [1.82, 2.24) is 0 Å². The van der Waals surface area contributed by atoms with Crippen molar-refractivity contribution in [1.29, 1.82) is 0 Å². The Morgan fingerprint density at radius 3 is 1.21 bits per heavy atom. The van der Waals surface area contributed by atoms with Gasteiger partial charge in [0.15, 0.2) is 0 Å². The maximum atomic E-state index is 2.44. The average molecular weight is 723 g/mol. The summed E-state index contributed by atoms with van der Waals surface area (Å²) in [6.07, 6.45) is 0. The molecule has 0 spiro atoms. The molecular formula is C54H46N2. The van der Waals surface area contributed by atoms with E-state index in [1.807, 2.05) is 0 Å². The summed E-state index contributed by atoms with van der Waals surface area (Å²) >= 11 is 0. The molecule has 1 aliphatic rings. The zero-order valence-corrected chi connectivity index (χ0v) is 32.8. The van der Waals surface area contributed by atoms with E-state index in [0.717, 1.165) is 22.7 Å². The molecule has 2 nitrogen and oxygen atoms in total. The molecule has 272 valence electrons. The molecule has 0 N–H and O–H groups in total. The molecule has 0 aliphatic carbocycles. The van der Waals surface area contributed by atoms with Crippen molar-refractivity contribution in [3.05, 3.63) is 216 Å². The first-order valence-electron chi connectivity index (χ1n) is 19.6. The SMILES string of the molecule is Cc1ccc(-c2ccc(N(c3ccc(C)cc3)c3ccc(-c4ccc5c(c4)C(C)(C)c4ccccc4N5c4ccc(-c5ccc(C)cc5)cc4)cc3)cc2)cc1. The van der Waals surface area contributed by atoms with Gasteiger partial charge in [-0.1, -0.05) is 152 Å². The minimum Gasteiger partial charge on any atom is -0.311 e. The summed E-state index contributed by atoms with van der Waals surface area (Å²) in [4.78, 5) is 4.78. The number of benzene rings is 8. The molecule has 1 aliphatic heterocycles. The molecule has 1 heterocycles. The van der Waals surface area contributed by atoms with Gasteiger partial charge in [-0.15, -0.1) is 0 Å². The summed E-state index contributed by atoms with van der Waals surface area (Å²) in [5, 5.41) is 0. The highest BCUT2D eigenvalue weighted by Crippen LogP contribution is 2.52. The Balaban J connectivity index is 1.07. The minimum atomic E-state index is -0.187. The summed E-state index contributed by atoms with van der Waals surface area (Å²) in [7, 11) is 0. The largest absolute Gasteiger partial charge is 0.311 e. The van der Waals surface area contributed by atoms with Crippen LogP contribution in [0, 0.1) is 20.8 Å². The van der Waals surface area contributed by atoms with E-state index in [9.17, 15) is 0 Å². The smallest absolute Gasteiger partial charge is 0.0503 e. The van der Waals surface area contributed by atoms with E-state index in [0.29, 0.717) is 0 Å². The molecule has 8 aromatic carbocycles. The molecule has 0 saturated heterocycles. The van der Waals surface area contributed by atoms with Crippen LogP contribution in [-0.4, -0.2) is 0 Å². The number of fused-ring (bicyclic) bond motifs is 2. The Morgan fingerprint density at radius 2 is 0.714 bits per heavy atom. The van der Waals surface area contributed by atoms with Gasteiger partial charge in [-0.2, -0.15) is 0 Å². The molecule has 9 rings (SSSR count). The van der Waals surface area contributed by atoms with Crippen molar-refractivity contribution in [3.63, 3.8) is 0 Å². The monoisotopic (exact) mass is 722 g/mol. The predicted molar refractivity (Wildman–Crippen MR) is 238 cm³/mol. The van der Waals surface area contributed by atoms with Gasteiger partial charge in [0, 0.05) is 28.2 Å². The van der Waals surface area contributed by atoms with Gasteiger partial charge < -0.3 is 9.80 Å². The van der Waals surface area contributed by atoms with Crippen LogP contribution >= 0.6 is 0 Å². The Morgan fingerprint density at radius 1 is 0.357 bits per heavy atom. The number of hydrogen-bond donors (Lipinski definition) is 0. The lowest BCUT2D eigenvalue weighted by atomic mass is 9.73. The van der Waals surface area contributed by atoms with Crippen LogP contribution < -0.4 is 9.80 Å². The van der Waals surface area contributed by atoms with E-state index in [-0.39, 0.29) is 5.41 Å². The van der Waals surface area contributed by atoms with Gasteiger partial charge >= 0.3 is 0 Å². The molecule has 0 amide bonds. The summed E-state index contributed by atoms with van der Waals surface area (Å²) in [5.74, 6) is 0. The van der Waals surface area contributed by atoms with Gasteiger partial charge in [-0.3, -0.25) is 0 Å². The van der Waals surface area contributed by atoms with E-state index in [1.54, 1.807) is 0 Å². The summed E-state index contributed by atoms with van der Waals surface area (Å²) in [6, 6.07) is 69.2. The Labute approximate surface area is 332 Å². The molecule has 2 heteroatoms. The molecular weight excluding hydrogens is 677 g/mol. The molecule has 8 aromatic rings. The first-order valence-corrected chi connectivity index (χ1v) is 19.6. The quantitative estimate of drug-likeness (QED) is 0.162. The second-order valence-corrected chi connectivity index (χ2v) is 15.8. The predicted octanol–water partition coefficient (Wildman–Crippen LogP) is 15.2. The second-order valence-electron chi connectivity index (χ2n) is 15.8. The Kier molecular flexibility index (Phi) is 8.90. The molecule has 0 unspecified atom stereocenters. The van der Waals surface area contributed by atoms with E-state index in [4.69, 9.17) is 0 Å². The van der Waals surface area contributed by atoms with E-state index >= 15 is 0 Å². The maximum absolute atomic E-state index is 2.44. The minimum absolute atomic E-state index is 0.187. The van der Waals surface area contributed by atoms with Crippen molar-refractivity contribution < 1.29 is 0 Å². The summed E-state index contributed by atoms with van der Waals surface area (Å²) < 4.78 is 0. The Hall–Kier alpha value is -6.64. The number of nitrogens with zero attached hydrogens (tertiary/aromatic N) is 2. The highest BCUT2D eigenvalue weighted by Gasteiger charge is 2.37. The lowest BCUT2D eigenvalue weighted by Gasteiger charge is -2.42. The zero-order valence-electron chi connectivity index (χ0n) is 32.8. The van der Waals surface area contributed by atoms with Crippen molar-refractivity contribution in [3.8, 4) is 33.4 Å². The third kappa shape index (κ3) is 6.48. The molecule has 0 saturated carbocycles. The van der Waals surface area contributed by atoms with Crippen LogP contribution in [0.3, 0.4) is 0 Å². The number of anilines is 6. The fraction of sp³-hybridized carbons (Fsp3) is 0.111. The first kappa shape index (κ1) is 35.1. The molecule has 0 bridgehead atoms. The van der Waals surface area contributed by atoms with Crippen LogP contribution in [-0.2, 0) is 5.41 Å². The average Bonchev–Trinajstić information content (AvgIpc) is 3.23. The normalized spacial score (nSPS) is 12.8. The third-order valence-electron chi connectivity index (χ3n) is 11.5. The molecule has 56 heavy (non-hydrogen) atoms. The van der Waals surface area contributed by atoms with Crippen molar-refractivity contribution in [2.45, 2.75) is 40.0 Å². The van der Waals surface area contributed by atoms with Crippen molar-refractivity contribution in [2.24, 2.45) is 0 Å². The molecule has 0 fully saturated rings. The fourth-order valence-electron chi connectivity index (χ4n) is 8.20. The zero-order chi connectivity index (χ0) is 38.4. The topological polar surface area (TPSA) is 6.48 Å². The van der Waals surface area contributed by atoms with Gasteiger partial charge in [0.1, 0.15) is 0 Å². The lowest BCUT2D eigenvalue weighted by molar-refractivity contribution is 0.632. The van der Waals surface area contributed by atoms with Crippen molar-refractivity contribution in [2.75, 3.05) is 9.80 Å². The molecule has 0 atom stereocenters. The van der Waals surface area contributed by atoms with Crippen molar-refractivity contribution >= 4 is 34.1 Å². The lowest BCUT2D eigenvalue weighted by Crippen LogP contribution is -2.30. The van der Waals surface area contributed by atoms with Crippen LogP contribution in [0.4, 0.5) is 34.1 Å².